The second-order valence-electron chi connectivity index (χ2n) is 5.72. The Morgan fingerprint density at radius 1 is 1.00 bits per heavy atom. The van der Waals surface area contributed by atoms with E-state index in [4.69, 9.17) is 15.2 Å². The predicted molar refractivity (Wildman–Crippen MR) is 103 cm³/mol. The number of halogens is 1. The molecule has 0 aliphatic carbocycles. The Bertz CT molecular complexity index is 643. The third-order valence-electron chi connectivity index (χ3n) is 3.44. The van der Waals surface area contributed by atoms with E-state index in [9.17, 15) is 4.79 Å². The summed E-state index contributed by atoms with van der Waals surface area (Å²) in [7, 11) is 0. The molecule has 25 heavy (non-hydrogen) atoms. The number of carbonyl (C=O) groups excluding carboxylic acids is 1. The van der Waals surface area contributed by atoms with Crippen LogP contribution in [-0.4, -0.2) is 25.7 Å². The van der Waals surface area contributed by atoms with Crippen molar-refractivity contribution < 1.29 is 14.3 Å². The SMILES string of the molecule is CC(C)c1ccc(OCC(=O)Nc2ccc(OCCN)cc2)cc1.Cl. The molecule has 0 aliphatic heterocycles. The maximum Gasteiger partial charge on any atom is 0.262 e. The van der Waals surface area contributed by atoms with Crippen molar-refractivity contribution >= 4 is 24.0 Å². The summed E-state index contributed by atoms with van der Waals surface area (Å²) in [4.78, 5) is 11.9. The Labute approximate surface area is 154 Å². The first-order valence-corrected chi connectivity index (χ1v) is 8.04. The van der Waals surface area contributed by atoms with Gasteiger partial charge in [0.2, 0.25) is 0 Å². The number of benzene rings is 2. The van der Waals surface area contributed by atoms with E-state index < -0.39 is 0 Å². The van der Waals surface area contributed by atoms with Crippen LogP contribution in [0.4, 0.5) is 5.69 Å². The third-order valence-corrected chi connectivity index (χ3v) is 3.44. The first kappa shape index (κ1) is 20.8. The minimum absolute atomic E-state index is 0. The summed E-state index contributed by atoms with van der Waals surface area (Å²) >= 11 is 0. The number of amides is 1. The molecule has 0 saturated carbocycles. The monoisotopic (exact) mass is 364 g/mol. The zero-order valence-electron chi connectivity index (χ0n) is 14.5. The molecule has 0 spiro atoms. The van der Waals surface area contributed by atoms with Gasteiger partial charge in [-0.3, -0.25) is 4.79 Å². The van der Waals surface area contributed by atoms with Gasteiger partial charge in [-0.25, -0.2) is 0 Å². The molecule has 2 aromatic carbocycles. The zero-order chi connectivity index (χ0) is 17.4. The van der Waals surface area contributed by atoms with E-state index in [0.717, 1.165) is 5.75 Å². The van der Waals surface area contributed by atoms with Gasteiger partial charge in [0.1, 0.15) is 18.1 Å². The second kappa shape index (κ2) is 10.6. The summed E-state index contributed by atoms with van der Waals surface area (Å²) in [6.07, 6.45) is 0. The number of hydrogen-bond donors (Lipinski definition) is 2. The summed E-state index contributed by atoms with van der Waals surface area (Å²) in [5, 5.41) is 2.78. The summed E-state index contributed by atoms with van der Waals surface area (Å²) in [5.41, 5.74) is 7.31. The van der Waals surface area contributed by atoms with Crippen LogP contribution in [0.25, 0.3) is 0 Å². The number of nitrogens with two attached hydrogens (primary N) is 1. The molecule has 0 aliphatic rings. The Morgan fingerprint density at radius 3 is 2.12 bits per heavy atom. The number of nitrogens with one attached hydrogen (secondary N) is 1. The molecule has 0 heterocycles. The van der Waals surface area contributed by atoms with Crippen molar-refractivity contribution in [1.82, 2.24) is 0 Å². The summed E-state index contributed by atoms with van der Waals surface area (Å²) in [6.45, 7) is 5.17. The largest absolute Gasteiger partial charge is 0.492 e. The molecular weight excluding hydrogens is 340 g/mol. The quantitative estimate of drug-likeness (QED) is 0.750. The van der Waals surface area contributed by atoms with Gasteiger partial charge in [-0.05, 0) is 47.9 Å². The fourth-order valence-corrected chi connectivity index (χ4v) is 2.11. The van der Waals surface area contributed by atoms with Gasteiger partial charge in [0.05, 0.1) is 0 Å². The Morgan fingerprint density at radius 2 is 1.56 bits per heavy atom. The van der Waals surface area contributed by atoms with Gasteiger partial charge in [0.25, 0.3) is 5.91 Å². The molecule has 6 heteroatoms. The van der Waals surface area contributed by atoms with Crippen LogP contribution in [0.1, 0.15) is 25.3 Å². The van der Waals surface area contributed by atoms with Crippen molar-refractivity contribution in [2.75, 3.05) is 25.1 Å². The third kappa shape index (κ3) is 7.03. The highest BCUT2D eigenvalue weighted by Crippen LogP contribution is 2.19. The van der Waals surface area contributed by atoms with E-state index >= 15 is 0 Å². The van der Waals surface area contributed by atoms with Crippen molar-refractivity contribution in [1.29, 1.82) is 0 Å². The van der Waals surface area contributed by atoms with E-state index in [1.807, 2.05) is 24.3 Å². The molecule has 0 radical (unpaired) electrons. The van der Waals surface area contributed by atoms with Crippen LogP contribution in [0.15, 0.2) is 48.5 Å². The smallest absolute Gasteiger partial charge is 0.262 e. The van der Waals surface area contributed by atoms with Crippen molar-refractivity contribution in [3.05, 3.63) is 54.1 Å². The number of carbonyl (C=O) groups is 1. The lowest BCUT2D eigenvalue weighted by molar-refractivity contribution is -0.118. The number of anilines is 1. The van der Waals surface area contributed by atoms with Crippen LogP contribution in [-0.2, 0) is 4.79 Å². The second-order valence-corrected chi connectivity index (χ2v) is 5.72. The molecule has 0 saturated heterocycles. The number of rotatable bonds is 8. The summed E-state index contributed by atoms with van der Waals surface area (Å²) in [5.74, 6) is 1.66. The molecule has 0 bridgehead atoms. The van der Waals surface area contributed by atoms with Crippen molar-refractivity contribution in [2.45, 2.75) is 19.8 Å². The van der Waals surface area contributed by atoms with Crippen LogP contribution in [0.3, 0.4) is 0 Å². The lowest BCUT2D eigenvalue weighted by Gasteiger charge is -2.10. The Balaban J connectivity index is 0.00000312. The molecule has 2 rings (SSSR count). The fraction of sp³-hybridized carbons (Fsp3) is 0.316. The molecule has 1 amide bonds. The van der Waals surface area contributed by atoms with Crippen LogP contribution in [0.2, 0.25) is 0 Å². The van der Waals surface area contributed by atoms with Gasteiger partial charge in [-0.15, -0.1) is 12.4 Å². The van der Waals surface area contributed by atoms with Crippen LogP contribution in [0.5, 0.6) is 11.5 Å². The van der Waals surface area contributed by atoms with Gasteiger partial charge in [-0.2, -0.15) is 0 Å². The average Bonchev–Trinajstić information content (AvgIpc) is 2.59. The highest BCUT2D eigenvalue weighted by atomic mass is 35.5. The molecular formula is C19H25ClN2O3. The van der Waals surface area contributed by atoms with Crippen LogP contribution in [0, 0.1) is 0 Å². The predicted octanol–water partition coefficient (Wildman–Crippen LogP) is 3.59. The lowest BCUT2D eigenvalue weighted by Crippen LogP contribution is -2.20. The van der Waals surface area contributed by atoms with Crippen LogP contribution < -0.4 is 20.5 Å². The van der Waals surface area contributed by atoms with E-state index in [1.54, 1.807) is 24.3 Å². The molecule has 0 fully saturated rings. The Kier molecular flexibility index (Phi) is 8.81. The lowest BCUT2D eigenvalue weighted by atomic mass is 10.0. The van der Waals surface area contributed by atoms with Gasteiger partial charge >= 0.3 is 0 Å². The van der Waals surface area contributed by atoms with Gasteiger partial charge in [-0.1, -0.05) is 26.0 Å². The first-order chi connectivity index (χ1) is 11.6. The fourth-order valence-electron chi connectivity index (χ4n) is 2.11. The first-order valence-electron chi connectivity index (χ1n) is 8.04. The van der Waals surface area contributed by atoms with Crippen LogP contribution >= 0.6 is 12.4 Å². The van der Waals surface area contributed by atoms with Gasteiger partial charge in [0, 0.05) is 12.2 Å². The average molecular weight is 365 g/mol. The van der Waals surface area contributed by atoms with Crippen molar-refractivity contribution in [3.63, 3.8) is 0 Å². The summed E-state index contributed by atoms with van der Waals surface area (Å²) < 4.78 is 10.9. The topological polar surface area (TPSA) is 73.6 Å². The molecule has 5 nitrogen and oxygen atoms in total. The standard InChI is InChI=1S/C19H24N2O3.ClH/c1-14(2)15-3-7-18(8-4-15)24-13-19(22)21-16-5-9-17(10-6-16)23-12-11-20;/h3-10,14H,11-13,20H2,1-2H3,(H,21,22);1H. The van der Waals surface area contributed by atoms with Gasteiger partial charge in [0.15, 0.2) is 6.61 Å². The minimum Gasteiger partial charge on any atom is -0.492 e. The Hall–Kier alpha value is -2.24. The number of ether oxygens (including phenoxy) is 2. The van der Waals surface area contributed by atoms with E-state index in [1.165, 1.54) is 5.56 Å². The van der Waals surface area contributed by atoms with E-state index in [-0.39, 0.29) is 24.9 Å². The summed E-state index contributed by atoms with van der Waals surface area (Å²) in [6, 6.07) is 14.9. The minimum atomic E-state index is -0.210. The van der Waals surface area contributed by atoms with E-state index in [2.05, 4.69) is 19.2 Å². The maximum absolute atomic E-state index is 11.9. The van der Waals surface area contributed by atoms with E-state index in [0.29, 0.717) is 30.5 Å². The van der Waals surface area contributed by atoms with Crippen molar-refractivity contribution in [2.24, 2.45) is 5.73 Å². The maximum atomic E-state index is 11.9. The highest BCUT2D eigenvalue weighted by molar-refractivity contribution is 5.91. The van der Waals surface area contributed by atoms with Crippen molar-refractivity contribution in [3.8, 4) is 11.5 Å². The molecule has 136 valence electrons. The number of hydrogen-bond acceptors (Lipinski definition) is 4. The molecule has 2 aromatic rings. The highest BCUT2D eigenvalue weighted by Gasteiger charge is 2.05. The molecule has 0 aromatic heterocycles. The molecule has 0 unspecified atom stereocenters. The molecule has 0 atom stereocenters. The zero-order valence-corrected chi connectivity index (χ0v) is 15.3. The molecule has 3 N–H and O–H groups in total. The normalized spacial score (nSPS) is 10.1. The van der Waals surface area contributed by atoms with Gasteiger partial charge < -0.3 is 20.5 Å².